The molecule has 2 aromatic heterocycles. The monoisotopic (exact) mass is 280 g/mol. The van der Waals surface area contributed by atoms with E-state index in [1.807, 2.05) is 30.3 Å². The number of aromatic carboxylic acids is 1. The molecule has 4 N–H and O–H groups in total. The number of hydrogen-bond acceptors (Lipinski definition) is 5. The summed E-state index contributed by atoms with van der Waals surface area (Å²) in [6.07, 6.45) is 3.10. The minimum Gasteiger partial charge on any atom is -0.478 e. The molecule has 0 unspecified atom stereocenters. The van der Waals surface area contributed by atoms with Gasteiger partial charge in [-0.15, -0.1) is 0 Å². The first-order chi connectivity index (χ1) is 10.2. The number of benzene rings is 1. The summed E-state index contributed by atoms with van der Waals surface area (Å²) in [5, 5.41) is 13.1. The summed E-state index contributed by atoms with van der Waals surface area (Å²) in [6.45, 7) is 0. The number of nitrogen functional groups attached to an aromatic ring is 1. The Morgan fingerprint density at radius 3 is 2.71 bits per heavy atom. The summed E-state index contributed by atoms with van der Waals surface area (Å²) in [6, 6.07) is 10.8. The quantitative estimate of drug-likeness (QED) is 0.681. The van der Waals surface area contributed by atoms with E-state index in [0.29, 0.717) is 5.82 Å². The highest BCUT2D eigenvalue weighted by Gasteiger charge is 2.13. The highest BCUT2D eigenvalue weighted by molar-refractivity contribution is 5.98. The maximum Gasteiger partial charge on any atom is 0.337 e. The van der Waals surface area contributed by atoms with Crippen LogP contribution in [0.3, 0.4) is 0 Å². The predicted octanol–water partition coefficient (Wildman–Crippen LogP) is 2.65. The standard InChI is InChI=1S/C15H12N4O2/c16-12-10(15(20)21)6-8-18-14(12)19-11-5-1-3-9-4-2-7-17-13(9)11/h1-8H,16H2,(H,18,19)(H,20,21). The van der Waals surface area contributed by atoms with Crippen LogP contribution in [0.4, 0.5) is 17.2 Å². The van der Waals surface area contributed by atoms with Crippen LogP contribution in [0.1, 0.15) is 10.4 Å². The lowest BCUT2D eigenvalue weighted by Gasteiger charge is -2.11. The largest absolute Gasteiger partial charge is 0.478 e. The molecule has 1 aromatic carbocycles. The van der Waals surface area contributed by atoms with Gasteiger partial charge in [0.05, 0.1) is 22.5 Å². The summed E-state index contributed by atoms with van der Waals surface area (Å²) in [4.78, 5) is 19.5. The Bertz CT molecular complexity index is 828. The summed E-state index contributed by atoms with van der Waals surface area (Å²) >= 11 is 0. The minimum absolute atomic E-state index is 0.0145. The third-order valence-corrected chi connectivity index (χ3v) is 3.11. The van der Waals surface area contributed by atoms with E-state index in [2.05, 4.69) is 15.3 Å². The van der Waals surface area contributed by atoms with Crippen molar-refractivity contribution in [2.24, 2.45) is 0 Å². The summed E-state index contributed by atoms with van der Waals surface area (Å²) in [5.74, 6) is -0.790. The van der Waals surface area contributed by atoms with Crippen molar-refractivity contribution in [1.29, 1.82) is 0 Å². The number of carboxylic acids is 1. The van der Waals surface area contributed by atoms with E-state index in [1.165, 1.54) is 12.3 Å². The molecule has 0 spiro atoms. The molecule has 0 bridgehead atoms. The van der Waals surface area contributed by atoms with Crippen LogP contribution in [0.5, 0.6) is 0 Å². The molecule has 3 aromatic rings. The van der Waals surface area contributed by atoms with Crippen molar-refractivity contribution in [2.75, 3.05) is 11.1 Å². The van der Waals surface area contributed by atoms with Crippen LogP contribution in [-0.4, -0.2) is 21.0 Å². The lowest BCUT2D eigenvalue weighted by Crippen LogP contribution is -2.07. The van der Waals surface area contributed by atoms with Crippen molar-refractivity contribution in [1.82, 2.24) is 9.97 Å². The number of pyridine rings is 2. The van der Waals surface area contributed by atoms with E-state index in [-0.39, 0.29) is 11.3 Å². The molecule has 0 fully saturated rings. The van der Waals surface area contributed by atoms with Crippen LogP contribution >= 0.6 is 0 Å². The normalized spacial score (nSPS) is 10.5. The number of nitrogens with two attached hydrogens (primary N) is 1. The van der Waals surface area contributed by atoms with Gasteiger partial charge < -0.3 is 16.2 Å². The van der Waals surface area contributed by atoms with Crippen molar-refractivity contribution in [3.8, 4) is 0 Å². The first kappa shape index (κ1) is 12.9. The number of hydrogen-bond donors (Lipinski definition) is 3. The van der Waals surface area contributed by atoms with Crippen LogP contribution in [-0.2, 0) is 0 Å². The van der Waals surface area contributed by atoms with E-state index >= 15 is 0 Å². The van der Waals surface area contributed by atoms with Crippen LogP contribution in [0.25, 0.3) is 10.9 Å². The predicted molar refractivity (Wildman–Crippen MR) is 80.6 cm³/mol. The van der Waals surface area contributed by atoms with Gasteiger partial charge in [-0.2, -0.15) is 0 Å². The Balaban J connectivity index is 2.07. The number of carboxylic acid groups (broad SMARTS) is 1. The molecule has 0 saturated heterocycles. The number of aromatic nitrogens is 2. The third kappa shape index (κ3) is 2.34. The van der Waals surface area contributed by atoms with E-state index in [0.717, 1.165) is 16.6 Å². The first-order valence-electron chi connectivity index (χ1n) is 6.25. The average Bonchev–Trinajstić information content (AvgIpc) is 2.49. The van der Waals surface area contributed by atoms with Gasteiger partial charge in [0.1, 0.15) is 0 Å². The molecule has 6 nitrogen and oxygen atoms in total. The zero-order valence-corrected chi connectivity index (χ0v) is 10.9. The molecule has 0 atom stereocenters. The number of para-hydroxylation sites is 1. The van der Waals surface area contributed by atoms with Gasteiger partial charge >= 0.3 is 5.97 Å². The highest BCUT2D eigenvalue weighted by atomic mass is 16.4. The van der Waals surface area contributed by atoms with Crippen molar-refractivity contribution in [2.45, 2.75) is 0 Å². The lowest BCUT2D eigenvalue weighted by atomic mass is 10.2. The van der Waals surface area contributed by atoms with Gasteiger partial charge in [-0.1, -0.05) is 18.2 Å². The van der Waals surface area contributed by atoms with Crippen LogP contribution in [0, 0.1) is 0 Å². The summed E-state index contributed by atoms with van der Waals surface area (Å²) in [5.41, 5.74) is 7.44. The Kier molecular flexibility index (Phi) is 3.12. The van der Waals surface area contributed by atoms with Gasteiger partial charge in [0.25, 0.3) is 0 Å². The van der Waals surface area contributed by atoms with Gasteiger partial charge in [-0.25, -0.2) is 9.78 Å². The number of rotatable bonds is 3. The average molecular weight is 280 g/mol. The highest BCUT2D eigenvalue weighted by Crippen LogP contribution is 2.27. The molecule has 0 amide bonds. The van der Waals surface area contributed by atoms with Gasteiger partial charge in [0.2, 0.25) is 0 Å². The van der Waals surface area contributed by atoms with E-state index in [1.54, 1.807) is 6.20 Å². The Morgan fingerprint density at radius 2 is 1.90 bits per heavy atom. The second-order valence-corrected chi connectivity index (χ2v) is 4.43. The second-order valence-electron chi connectivity index (χ2n) is 4.43. The molecule has 104 valence electrons. The molecule has 2 heterocycles. The third-order valence-electron chi connectivity index (χ3n) is 3.11. The molecule has 0 aliphatic heterocycles. The Hall–Kier alpha value is -3.15. The number of nitrogens with one attached hydrogen (secondary N) is 1. The number of fused-ring (bicyclic) bond motifs is 1. The van der Waals surface area contributed by atoms with E-state index in [4.69, 9.17) is 10.8 Å². The van der Waals surface area contributed by atoms with Crippen LogP contribution in [0.15, 0.2) is 48.8 Å². The molecule has 0 aliphatic rings. The van der Waals surface area contributed by atoms with Crippen molar-refractivity contribution >= 4 is 34.1 Å². The van der Waals surface area contributed by atoms with Crippen molar-refractivity contribution < 1.29 is 9.90 Å². The molecule has 0 aliphatic carbocycles. The summed E-state index contributed by atoms with van der Waals surface area (Å²) in [7, 11) is 0. The van der Waals surface area contributed by atoms with E-state index < -0.39 is 5.97 Å². The van der Waals surface area contributed by atoms with Gasteiger partial charge in [-0.05, 0) is 18.2 Å². The molecule has 0 radical (unpaired) electrons. The molecular formula is C15H12N4O2. The smallest absolute Gasteiger partial charge is 0.337 e. The Labute approximate surface area is 120 Å². The van der Waals surface area contributed by atoms with E-state index in [9.17, 15) is 4.79 Å². The van der Waals surface area contributed by atoms with Gasteiger partial charge in [0, 0.05) is 17.8 Å². The maximum absolute atomic E-state index is 11.1. The van der Waals surface area contributed by atoms with Crippen LogP contribution in [0.2, 0.25) is 0 Å². The number of carbonyl (C=O) groups is 1. The zero-order valence-electron chi connectivity index (χ0n) is 10.9. The molecule has 3 rings (SSSR count). The number of anilines is 3. The minimum atomic E-state index is -1.09. The SMILES string of the molecule is Nc1c(C(=O)O)ccnc1Nc1cccc2cccnc12. The number of nitrogens with zero attached hydrogens (tertiary/aromatic N) is 2. The topological polar surface area (TPSA) is 101 Å². The molecular weight excluding hydrogens is 268 g/mol. The Morgan fingerprint density at radius 1 is 1.10 bits per heavy atom. The fourth-order valence-corrected chi connectivity index (χ4v) is 2.09. The first-order valence-corrected chi connectivity index (χ1v) is 6.25. The maximum atomic E-state index is 11.1. The van der Waals surface area contributed by atoms with Gasteiger partial charge in [0.15, 0.2) is 5.82 Å². The van der Waals surface area contributed by atoms with Crippen molar-refractivity contribution in [3.05, 3.63) is 54.4 Å². The summed E-state index contributed by atoms with van der Waals surface area (Å²) < 4.78 is 0. The fourth-order valence-electron chi connectivity index (χ4n) is 2.09. The van der Waals surface area contributed by atoms with Crippen molar-refractivity contribution in [3.63, 3.8) is 0 Å². The molecule has 0 saturated carbocycles. The fraction of sp³-hybridized carbons (Fsp3) is 0. The van der Waals surface area contributed by atoms with Crippen LogP contribution < -0.4 is 11.1 Å². The molecule has 21 heavy (non-hydrogen) atoms. The zero-order chi connectivity index (χ0) is 14.8. The van der Waals surface area contributed by atoms with Gasteiger partial charge in [-0.3, -0.25) is 4.98 Å². The molecule has 6 heteroatoms. The lowest BCUT2D eigenvalue weighted by molar-refractivity contribution is 0.0698. The second kappa shape index (κ2) is 5.09.